The summed E-state index contributed by atoms with van der Waals surface area (Å²) in [5, 5.41) is 9.24. The second-order valence-electron chi connectivity index (χ2n) is 5.38. The molecular weight excluding hydrogens is 302 g/mol. The topological polar surface area (TPSA) is 89.9 Å². The van der Waals surface area contributed by atoms with Crippen LogP contribution in [0.25, 0.3) is 28.2 Å². The number of aromatic nitrogens is 4. The molecule has 0 saturated heterocycles. The lowest BCUT2D eigenvalue weighted by atomic mass is 10.2. The third-order valence-electron chi connectivity index (χ3n) is 3.87. The van der Waals surface area contributed by atoms with Crippen LogP contribution in [0.15, 0.2) is 60.9 Å². The molecule has 0 aliphatic carbocycles. The number of nitrogens with two attached hydrogens (primary N) is 1. The van der Waals surface area contributed by atoms with Crippen molar-refractivity contribution in [2.45, 2.75) is 6.61 Å². The first-order valence-corrected chi connectivity index (χ1v) is 7.52. The van der Waals surface area contributed by atoms with Crippen LogP contribution in [-0.2, 0) is 6.61 Å². The summed E-state index contributed by atoms with van der Waals surface area (Å²) in [6.45, 7) is 0.00557. The highest BCUT2D eigenvalue weighted by molar-refractivity contribution is 5.82. The standard InChI is InChI=1S/C18H15N5O/c19-16-14(3-1-9-20-16)17-22-15-4-2-10-21-18(15)23(17)13-7-5-12(11-24)6-8-13/h1-10,24H,11H2,(H2,19,20). The first-order valence-electron chi connectivity index (χ1n) is 7.52. The Hall–Kier alpha value is -3.25. The van der Waals surface area contributed by atoms with E-state index in [4.69, 9.17) is 10.7 Å². The number of imidazole rings is 1. The molecule has 0 aliphatic rings. The summed E-state index contributed by atoms with van der Waals surface area (Å²) in [7, 11) is 0. The van der Waals surface area contributed by atoms with E-state index < -0.39 is 0 Å². The van der Waals surface area contributed by atoms with Gasteiger partial charge in [0.15, 0.2) is 11.5 Å². The minimum absolute atomic E-state index is 0.00557. The fraction of sp³-hybridized carbons (Fsp3) is 0.0556. The van der Waals surface area contributed by atoms with Gasteiger partial charge in [0.05, 0.1) is 12.2 Å². The molecule has 0 spiro atoms. The van der Waals surface area contributed by atoms with Gasteiger partial charge in [-0.15, -0.1) is 0 Å². The van der Waals surface area contributed by atoms with Crippen molar-refractivity contribution in [3.8, 4) is 17.1 Å². The summed E-state index contributed by atoms with van der Waals surface area (Å²) >= 11 is 0. The second kappa shape index (κ2) is 5.75. The Morgan fingerprint density at radius 3 is 2.46 bits per heavy atom. The number of nitrogen functional groups attached to an aromatic ring is 1. The fourth-order valence-electron chi connectivity index (χ4n) is 2.69. The number of aliphatic hydroxyl groups is 1. The number of pyridine rings is 2. The van der Waals surface area contributed by atoms with Crippen molar-refractivity contribution in [2.75, 3.05) is 5.73 Å². The van der Waals surface area contributed by atoms with E-state index in [1.54, 1.807) is 12.4 Å². The van der Waals surface area contributed by atoms with Crippen LogP contribution in [0, 0.1) is 0 Å². The Kier molecular flexibility index (Phi) is 3.44. The second-order valence-corrected chi connectivity index (χ2v) is 5.38. The molecule has 4 aromatic rings. The van der Waals surface area contributed by atoms with Gasteiger partial charge >= 0.3 is 0 Å². The molecule has 0 bridgehead atoms. The number of hydrogen-bond donors (Lipinski definition) is 2. The van der Waals surface area contributed by atoms with Crippen molar-refractivity contribution < 1.29 is 5.11 Å². The van der Waals surface area contributed by atoms with Crippen LogP contribution < -0.4 is 5.73 Å². The summed E-state index contributed by atoms with van der Waals surface area (Å²) in [5.74, 6) is 1.10. The van der Waals surface area contributed by atoms with E-state index in [2.05, 4.69) is 9.97 Å². The molecule has 0 fully saturated rings. The number of nitrogens with zero attached hydrogens (tertiary/aromatic N) is 4. The summed E-state index contributed by atoms with van der Waals surface area (Å²) < 4.78 is 1.95. The molecule has 6 heteroatoms. The molecule has 24 heavy (non-hydrogen) atoms. The highest BCUT2D eigenvalue weighted by Crippen LogP contribution is 2.29. The first-order chi connectivity index (χ1) is 11.8. The molecule has 3 N–H and O–H groups in total. The molecule has 1 aromatic carbocycles. The summed E-state index contributed by atoms with van der Waals surface area (Å²) in [6.07, 6.45) is 3.39. The smallest absolute Gasteiger partial charge is 0.164 e. The van der Waals surface area contributed by atoms with E-state index in [1.807, 2.05) is 53.1 Å². The first kappa shape index (κ1) is 14.3. The van der Waals surface area contributed by atoms with Crippen LogP contribution in [0.4, 0.5) is 5.82 Å². The van der Waals surface area contributed by atoms with Crippen molar-refractivity contribution in [3.63, 3.8) is 0 Å². The van der Waals surface area contributed by atoms with Gasteiger partial charge in [0.1, 0.15) is 11.3 Å². The predicted molar refractivity (Wildman–Crippen MR) is 92.4 cm³/mol. The highest BCUT2D eigenvalue weighted by Gasteiger charge is 2.17. The van der Waals surface area contributed by atoms with Crippen molar-refractivity contribution in [2.24, 2.45) is 0 Å². The number of aliphatic hydroxyl groups excluding tert-OH is 1. The number of fused-ring (bicyclic) bond motifs is 1. The molecule has 0 atom stereocenters. The van der Waals surface area contributed by atoms with E-state index in [0.717, 1.165) is 28.0 Å². The lowest BCUT2D eigenvalue weighted by Crippen LogP contribution is -2.02. The monoisotopic (exact) mass is 317 g/mol. The molecule has 3 aromatic heterocycles. The number of anilines is 1. The maximum atomic E-state index is 9.24. The molecule has 118 valence electrons. The predicted octanol–water partition coefficient (Wildman–Crippen LogP) is 2.56. The summed E-state index contributed by atoms with van der Waals surface area (Å²) in [4.78, 5) is 13.3. The Morgan fingerprint density at radius 1 is 0.958 bits per heavy atom. The van der Waals surface area contributed by atoms with E-state index >= 15 is 0 Å². The normalized spacial score (nSPS) is 11.0. The maximum absolute atomic E-state index is 9.24. The molecule has 0 amide bonds. The van der Waals surface area contributed by atoms with Crippen molar-refractivity contribution >= 4 is 17.0 Å². The zero-order chi connectivity index (χ0) is 16.5. The number of hydrogen-bond acceptors (Lipinski definition) is 5. The van der Waals surface area contributed by atoms with Gasteiger partial charge in [-0.1, -0.05) is 12.1 Å². The fourth-order valence-corrected chi connectivity index (χ4v) is 2.69. The van der Waals surface area contributed by atoms with Crippen LogP contribution >= 0.6 is 0 Å². The maximum Gasteiger partial charge on any atom is 0.164 e. The Morgan fingerprint density at radius 2 is 1.71 bits per heavy atom. The van der Waals surface area contributed by atoms with Gasteiger partial charge in [-0.05, 0) is 42.0 Å². The zero-order valence-electron chi connectivity index (χ0n) is 12.8. The van der Waals surface area contributed by atoms with Crippen molar-refractivity contribution in [1.82, 2.24) is 19.5 Å². The van der Waals surface area contributed by atoms with E-state index in [0.29, 0.717) is 11.6 Å². The molecule has 0 unspecified atom stereocenters. The lowest BCUT2D eigenvalue weighted by molar-refractivity contribution is 0.282. The third-order valence-corrected chi connectivity index (χ3v) is 3.87. The molecule has 0 aliphatic heterocycles. The largest absolute Gasteiger partial charge is 0.392 e. The average molecular weight is 317 g/mol. The minimum Gasteiger partial charge on any atom is -0.392 e. The van der Waals surface area contributed by atoms with Crippen LogP contribution in [-0.4, -0.2) is 24.6 Å². The van der Waals surface area contributed by atoms with Crippen molar-refractivity contribution in [1.29, 1.82) is 0 Å². The summed E-state index contributed by atoms with van der Waals surface area (Å²) in [6, 6.07) is 15.1. The zero-order valence-corrected chi connectivity index (χ0v) is 12.8. The van der Waals surface area contributed by atoms with Gasteiger partial charge in [-0.25, -0.2) is 15.0 Å². The molecule has 0 saturated carbocycles. The Labute approximate surface area is 138 Å². The van der Waals surface area contributed by atoms with E-state index in [-0.39, 0.29) is 6.61 Å². The van der Waals surface area contributed by atoms with Crippen LogP contribution in [0.1, 0.15) is 5.56 Å². The quantitative estimate of drug-likeness (QED) is 0.606. The van der Waals surface area contributed by atoms with E-state index in [9.17, 15) is 5.11 Å². The van der Waals surface area contributed by atoms with Crippen LogP contribution in [0.2, 0.25) is 0 Å². The molecule has 3 heterocycles. The number of benzene rings is 1. The molecular formula is C18H15N5O. The SMILES string of the molecule is Nc1ncccc1-c1nc2cccnc2n1-c1ccc(CO)cc1. The lowest BCUT2D eigenvalue weighted by Gasteiger charge is -2.10. The minimum atomic E-state index is 0.00557. The number of rotatable bonds is 3. The molecule has 4 rings (SSSR count). The molecule has 6 nitrogen and oxygen atoms in total. The highest BCUT2D eigenvalue weighted by atomic mass is 16.3. The van der Waals surface area contributed by atoms with E-state index in [1.165, 1.54) is 0 Å². The Bertz CT molecular complexity index is 1010. The van der Waals surface area contributed by atoms with Gasteiger partial charge in [-0.3, -0.25) is 4.57 Å². The summed E-state index contributed by atoms with van der Waals surface area (Å²) in [5.41, 5.74) is 10.1. The van der Waals surface area contributed by atoms with Gasteiger partial charge < -0.3 is 10.8 Å². The van der Waals surface area contributed by atoms with Crippen molar-refractivity contribution in [3.05, 3.63) is 66.5 Å². The van der Waals surface area contributed by atoms with Crippen LogP contribution in [0.3, 0.4) is 0 Å². The van der Waals surface area contributed by atoms with Gasteiger partial charge in [-0.2, -0.15) is 0 Å². The van der Waals surface area contributed by atoms with Gasteiger partial charge in [0, 0.05) is 18.1 Å². The average Bonchev–Trinajstić information content (AvgIpc) is 3.01. The van der Waals surface area contributed by atoms with Gasteiger partial charge in [0.2, 0.25) is 0 Å². The van der Waals surface area contributed by atoms with Crippen LogP contribution in [0.5, 0.6) is 0 Å². The molecule has 0 radical (unpaired) electrons. The van der Waals surface area contributed by atoms with Gasteiger partial charge in [0.25, 0.3) is 0 Å². The Balaban J connectivity index is 2.01. The third kappa shape index (κ3) is 2.29.